The number of benzene rings is 1. The van der Waals surface area contributed by atoms with Gasteiger partial charge in [-0.1, -0.05) is 49.8 Å². The maximum absolute atomic E-state index is 12.9. The van der Waals surface area contributed by atoms with Gasteiger partial charge in [-0.2, -0.15) is 0 Å². The van der Waals surface area contributed by atoms with Gasteiger partial charge in [0.1, 0.15) is 6.10 Å². The van der Waals surface area contributed by atoms with Crippen LogP contribution in [0.1, 0.15) is 89.7 Å². The zero-order chi connectivity index (χ0) is 27.8. The second-order valence-corrected chi connectivity index (χ2v) is 12.5. The molecule has 0 unspecified atom stereocenters. The second kappa shape index (κ2) is 10.9. The first-order chi connectivity index (χ1) is 18.7. The second-order valence-electron chi connectivity index (χ2n) is 12.5. The number of esters is 2. The van der Waals surface area contributed by atoms with Crippen LogP contribution in [0.15, 0.2) is 42.0 Å². The number of amides is 1. The number of nitrogens with one attached hydrogen (secondary N) is 1. The highest BCUT2D eigenvalue weighted by atomic mass is 16.5. The van der Waals surface area contributed by atoms with E-state index in [-0.39, 0.29) is 41.5 Å². The van der Waals surface area contributed by atoms with Crippen molar-refractivity contribution in [2.75, 3.05) is 7.11 Å². The third-order valence-corrected chi connectivity index (χ3v) is 10.6. The Kier molecular flexibility index (Phi) is 7.71. The van der Waals surface area contributed by atoms with Crippen LogP contribution in [0.2, 0.25) is 0 Å². The number of hydrogen-bond donors (Lipinski definition) is 1. The van der Waals surface area contributed by atoms with Crippen molar-refractivity contribution in [2.45, 2.75) is 90.2 Å². The average molecular weight is 536 g/mol. The Morgan fingerprint density at radius 2 is 1.74 bits per heavy atom. The molecule has 0 aromatic heterocycles. The molecule has 0 spiro atoms. The molecule has 1 N–H and O–H groups in total. The number of carbonyl (C=O) groups is 4. The molecule has 7 nitrogen and oxygen atoms in total. The van der Waals surface area contributed by atoms with Crippen LogP contribution in [0.3, 0.4) is 0 Å². The third kappa shape index (κ3) is 5.17. The van der Waals surface area contributed by atoms with Crippen molar-refractivity contribution in [3.05, 3.63) is 47.5 Å². The summed E-state index contributed by atoms with van der Waals surface area (Å²) in [5.74, 6) is 0.671. The molecule has 0 heterocycles. The van der Waals surface area contributed by atoms with E-state index in [4.69, 9.17) is 9.47 Å². The van der Waals surface area contributed by atoms with Gasteiger partial charge in [0.05, 0.1) is 13.5 Å². The van der Waals surface area contributed by atoms with Gasteiger partial charge in [0, 0.05) is 18.3 Å². The number of hydrogen-bond acceptors (Lipinski definition) is 6. The molecule has 0 aliphatic heterocycles. The average Bonchev–Trinajstić information content (AvgIpc) is 3.26. The number of methoxy groups -OCH3 is 1. The molecular formula is C32H41NO6. The lowest BCUT2D eigenvalue weighted by Gasteiger charge is -2.57. The molecule has 39 heavy (non-hydrogen) atoms. The van der Waals surface area contributed by atoms with Gasteiger partial charge < -0.3 is 14.8 Å². The Labute approximate surface area is 231 Å². The largest absolute Gasteiger partial charge is 0.467 e. The van der Waals surface area contributed by atoms with Gasteiger partial charge in [0.15, 0.2) is 11.8 Å². The van der Waals surface area contributed by atoms with E-state index in [1.807, 2.05) is 12.1 Å². The van der Waals surface area contributed by atoms with Crippen LogP contribution in [-0.2, 0) is 28.7 Å². The minimum atomic E-state index is -0.917. The molecule has 4 aliphatic rings. The number of carbonyl (C=O) groups excluding carboxylic acids is 4. The molecule has 0 saturated heterocycles. The lowest BCUT2D eigenvalue weighted by Crippen LogP contribution is -2.51. The normalized spacial score (nSPS) is 34.0. The maximum atomic E-state index is 12.9. The molecule has 3 fully saturated rings. The quantitative estimate of drug-likeness (QED) is 0.480. The molecular weight excluding hydrogens is 494 g/mol. The smallest absolute Gasteiger partial charge is 0.333 e. The van der Waals surface area contributed by atoms with Crippen molar-refractivity contribution in [2.24, 2.45) is 28.6 Å². The number of ether oxygens (including phenoxy) is 2. The summed E-state index contributed by atoms with van der Waals surface area (Å²) in [6.45, 7) is 4.68. The van der Waals surface area contributed by atoms with Crippen LogP contribution >= 0.6 is 0 Å². The fraction of sp³-hybridized carbons (Fsp3) is 0.625. The van der Waals surface area contributed by atoms with Gasteiger partial charge in [-0.25, -0.2) is 4.79 Å². The Morgan fingerprint density at radius 3 is 2.49 bits per heavy atom. The van der Waals surface area contributed by atoms with Gasteiger partial charge >= 0.3 is 11.9 Å². The van der Waals surface area contributed by atoms with E-state index in [1.54, 1.807) is 24.3 Å². The van der Waals surface area contributed by atoms with Gasteiger partial charge in [-0.3, -0.25) is 14.4 Å². The van der Waals surface area contributed by atoms with E-state index >= 15 is 0 Å². The van der Waals surface area contributed by atoms with Crippen molar-refractivity contribution < 1.29 is 28.7 Å². The first-order valence-corrected chi connectivity index (χ1v) is 14.5. The summed E-state index contributed by atoms with van der Waals surface area (Å²) in [4.78, 5) is 49.9. The van der Waals surface area contributed by atoms with Gasteiger partial charge in [-0.05, 0) is 79.8 Å². The van der Waals surface area contributed by atoms with Crippen molar-refractivity contribution in [3.63, 3.8) is 0 Å². The van der Waals surface area contributed by atoms with E-state index in [0.717, 1.165) is 44.9 Å². The summed E-state index contributed by atoms with van der Waals surface area (Å²) in [5.41, 5.74) is 2.07. The molecule has 3 saturated carbocycles. The predicted molar refractivity (Wildman–Crippen MR) is 145 cm³/mol. The van der Waals surface area contributed by atoms with Gasteiger partial charge in [0.25, 0.3) is 0 Å². The van der Waals surface area contributed by atoms with Crippen molar-refractivity contribution >= 4 is 23.6 Å². The highest BCUT2D eigenvalue weighted by Crippen LogP contribution is 2.65. The lowest BCUT2D eigenvalue weighted by molar-refractivity contribution is -0.160. The summed E-state index contributed by atoms with van der Waals surface area (Å²) >= 11 is 0. The zero-order valence-electron chi connectivity index (χ0n) is 23.4. The Bertz CT molecular complexity index is 1160. The molecule has 7 atom stereocenters. The number of allylic oxidation sites excluding steroid dienone is 1. The third-order valence-electron chi connectivity index (χ3n) is 10.6. The van der Waals surface area contributed by atoms with Gasteiger partial charge in [-0.15, -0.1) is 0 Å². The first kappa shape index (κ1) is 27.6. The fourth-order valence-corrected chi connectivity index (χ4v) is 8.41. The number of rotatable bonds is 7. The van der Waals surface area contributed by atoms with E-state index in [2.05, 4.69) is 19.2 Å². The Balaban J connectivity index is 1.17. The summed E-state index contributed by atoms with van der Waals surface area (Å²) < 4.78 is 10.9. The zero-order valence-corrected chi connectivity index (χ0v) is 23.4. The minimum Gasteiger partial charge on any atom is -0.467 e. The Hall–Kier alpha value is -2.96. The highest BCUT2D eigenvalue weighted by Gasteiger charge is 2.60. The Morgan fingerprint density at radius 1 is 0.974 bits per heavy atom. The van der Waals surface area contributed by atoms with E-state index < -0.39 is 17.9 Å². The van der Waals surface area contributed by atoms with Crippen LogP contribution in [0.4, 0.5) is 0 Å². The van der Waals surface area contributed by atoms with Crippen LogP contribution < -0.4 is 5.32 Å². The van der Waals surface area contributed by atoms with Crippen molar-refractivity contribution in [1.82, 2.24) is 5.32 Å². The highest BCUT2D eigenvalue weighted by molar-refractivity contribution is 5.91. The topological polar surface area (TPSA) is 98.8 Å². The van der Waals surface area contributed by atoms with Gasteiger partial charge in [0.2, 0.25) is 5.91 Å². The van der Waals surface area contributed by atoms with Crippen LogP contribution in [0, 0.1) is 28.6 Å². The molecule has 210 valence electrons. The SMILES string of the molecule is COC(=O)[C@H](NC(=O)CCC(=O)O[C@@H]1CC[C@H]2[C@@H]3CCC4=CC(=O)CC[C@]4(C)[C@H]3CC[C@@]12C)c1ccccc1. The van der Waals surface area contributed by atoms with E-state index in [1.165, 1.54) is 12.7 Å². The number of ketones is 1. The van der Waals surface area contributed by atoms with Crippen LogP contribution in [-0.4, -0.2) is 36.8 Å². The molecule has 7 heteroatoms. The monoisotopic (exact) mass is 535 g/mol. The summed E-state index contributed by atoms with van der Waals surface area (Å²) in [5, 5.41) is 2.70. The standard InChI is InChI=1S/C32H41NO6/c1-31-17-15-22(34)19-21(31)9-10-23-24-11-12-26(32(24,2)18-16-25(23)31)39-28(36)14-13-27(35)33-29(30(37)38-3)20-7-5-4-6-8-20/h4-8,19,23-26,29H,9-18H2,1-3H3,(H,33,35)/t23-,24-,25-,26+,29+,31-,32+/m0/s1. The molecule has 1 aromatic carbocycles. The maximum Gasteiger partial charge on any atom is 0.333 e. The number of fused-ring (bicyclic) bond motifs is 5. The predicted octanol–water partition coefficient (Wildman–Crippen LogP) is 5.24. The molecule has 0 bridgehead atoms. The first-order valence-electron chi connectivity index (χ1n) is 14.5. The van der Waals surface area contributed by atoms with E-state index in [9.17, 15) is 19.2 Å². The van der Waals surface area contributed by atoms with E-state index in [0.29, 0.717) is 29.7 Å². The van der Waals surface area contributed by atoms with Crippen LogP contribution in [0.25, 0.3) is 0 Å². The molecule has 5 rings (SSSR count). The van der Waals surface area contributed by atoms with Crippen molar-refractivity contribution in [3.8, 4) is 0 Å². The molecule has 0 radical (unpaired) electrons. The molecule has 1 amide bonds. The summed E-state index contributed by atoms with van der Waals surface area (Å²) in [7, 11) is 1.28. The lowest BCUT2D eigenvalue weighted by atomic mass is 9.47. The molecule has 1 aromatic rings. The summed E-state index contributed by atoms with van der Waals surface area (Å²) in [6, 6.07) is 7.99. The molecule has 4 aliphatic carbocycles. The minimum absolute atomic E-state index is 0.0297. The van der Waals surface area contributed by atoms with Crippen LogP contribution in [0.5, 0.6) is 0 Å². The summed E-state index contributed by atoms with van der Waals surface area (Å²) in [6.07, 6.45) is 9.50. The fourth-order valence-electron chi connectivity index (χ4n) is 8.41. The van der Waals surface area contributed by atoms with Crippen molar-refractivity contribution in [1.29, 1.82) is 0 Å².